The van der Waals surface area contributed by atoms with Crippen LogP contribution < -0.4 is 10.6 Å². The van der Waals surface area contributed by atoms with Crippen molar-refractivity contribution in [2.45, 2.75) is 13.5 Å². The Morgan fingerprint density at radius 3 is 2.50 bits per heavy atom. The van der Waals surface area contributed by atoms with Crippen molar-refractivity contribution < 1.29 is 9.18 Å². The van der Waals surface area contributed by atoms with Crippen molar-refractivity contribution in [3.8, 4) is 0 Å². The van der Waals surface area contributed by atoms with E-state index in [2.05, 4.69) is 9.80 Å². The number of nitrogen functional groups attached to an aromatic ring is 1. The van der Waals surface area contributed by atoms with Crippen LogP contribution in [0.3, 0.4) is 0 Å². The molecule has 156 valence electrons. The van der Waals surface area contributed by atoms with Crippen LogP contribution in [0.5, 0.6) is 0 Å². The largest absolute Gasteiger partial charge is 0.390 e. The van der Waals surface area contributed by atoms with Crippen LogP contribution in [-0.4, -0.2) is 36.9 Å². The molecule has 3 aromatic rings. The van der Waals surface area contributed by atoms with Crippen molar-refractivity contribution in [3.05, 3.63) is 80.9 Å². The second-order valence-electron chi connectivity index (χ2n) is 7.53. The average molecular weight is 444 g/mol. The number of halogens is 2. The fourth-order valence-electron chi connectivity index (χ4n) is 3.71. The number of anilines is 2. The Morgan fingerprint density at radius 1 is 1.13 bits per heavy atom. The smallest absolute Gasteiger partial charge is 0.196 e. The number of ketones is 1. The van der Waals surface area contributed by atoms with E-state index in [1.165, 1.54) is 11.3 Å². The monoisotopic (exact) mass is 443 g/mol. The van der Waals surface area contributed by atoms with E-state index in [1.54, 1.807) is 37.3 Å². The molecule has 4 rings (SSSR count). The quantitative estimate of drug-likeness (QED) is 0.565. The summed E-state index contributed by atoms with van der Waals surface area (Å²) in [6.07, 6.45) is 0. The van der Waals surface area contributed by atoms with Crippen molar-refractivity contribution in [2.24, 2.45) is 0 Å². The fourth-order valence-corrected chi connectivity index (χ4v) is 4.64. The Bertz CT molecular complexity index is 1060. The summed E-state index contributed by atoms with van der Waals surface area (Å²) in [5.41, 5.74) is 9.84. The Morgan fingerprint density at radius 2 is 1.83 bits per heavy atom. The second-order valence-corrected chi connectivity index (χ2v) is 8.88. The highest BCUT2D eigenvalue weighted by Crippen LogP contribution is 2.30. The molecule has 2 heterocycles. The third-order valence-corrected chi connectivity index (χ3v) is 6.63. The number of piperazine rings is 1. The van der Waals surface area contributed by atoms with E-state index in [0.29, 0.717) is 33.3 Å². The Balaban J connectivity index is 1.44. The molecule has 0 spiro atoms. The average Bonchev–Trinajstić information content (AvgIpc) is 3.10. The number of carbonyl (C=O) groups excluding carboxylic acids is 1. The molecule has 4 nitrogen and oxygen atoms in total. The van der Waals surface area contributed by atoms with Crippen molar-refractivity contribution >= 4 is 39.4 Å². The molecular weight excluding hydrogens is 421 g/mol. The van der Waals surface area contributed by atoms with Gasteiger partial charge in [-0.25, -0.2) is 4.39 Å². The van der Waals surface area contributed by atoms with E-state index in [0.717, 1.165) is 37.4 Å². The highest BCUT2D eigenvalue weighted by atomic mass is 35.5. The molecule has 2 aromatic carbocycles. The minimum atomic E-state index is -0.172. The number of thiophene rings is 1. The van der Waals surface area contributed by atoms with Crippen LogP contribution in [0, 0.1) is 12.7 Å². The molecule has 30 heavy (non-hydrogen) atoms. The molecule has 0 amide bonds. The molecule has 1 saturated heterocycles. The third kappa shape index (κ3) is 4.36. The lowest BCUT2D eigenvalue weighted by Crippen LogP contribution is -2.46. The normalized spacial score (nSPS) is 14.8. The first-order valence-corrected chi connectivity index (χ1v) is 11.1. The van der Waals surface area contributed by atoms with Gasteiger partial charge in [0.15, 0.2) is 5.78 Å². The van der Waals surface area contributed by atoms with E-state index in [-0.39, 0.29) is 11.6 Å². The van der Waals surface area contributed by atoms with Gasteiger partial charge < -0.3 is 10.6 Å². The van der Waals surface area contributed by atoms with E-state index in [4.69, 9.17) is 17.3 Å². The number of carbonyl (C=O) groups is 1. The zero-order chi connectivity index (χ0) is 21.3. The molecule has 0 saturated carbocycles. The highest BCUT2D eigenvalue weighted by molar-refractivity contribution is 7.14. The highest BCUT2D eigenvalue weighted by Gasteiger charge is 2.23. The van der Waals surface area contributed by atoms with Crippen LogP contribution >= 0.6 is 22.9 Å². The number of hydrogen-bond donors (Lipinski definition) is 1. The fraction of sp³-hybridized carbons (Fsp3) is 0.261. The second kappa shape index (κ2) is 8.76. The Hall–Kier alpha value is -2.41. The third-order valence-electron chi connectivity index (χ3n) is 5.52. The lowest BCUT2D eigenvalue weighted by Gasteiger charge is -2.36. The van der Waals surface area contributed by atoms with Gasteiger partial charge in [0, 0.05) is 49.0 Å². The van der Waals surface area contributed by atoms with Gasteiger partial charge in [0.2, 0.25) is 0 Å². The van der Waals surface area contributed by atoms with Gasteiger partial charge in [0.25, 0.3) is 0 Å². The number of nitrogens with zero attached hydrogens (tertiary/aromatic N) is 2. The number of aryl methyl sites for hydroxylation is 1. The number of hydrogen-bond acceptors (Lipinski definition) is 5. The number of rotatable bonds is 5. The maximum absolute atomic E-state index is 13.9. The Kier molecular flexibility index (Phi) is 6.09. The van der Waals surface area contributed by atoms with Crippen LogP contribution in [0.15, 0.2) is 47.8 Å². The van der Waals surface area contributed by atoms with E-state index in [9.17, 15) is 9.18 Å². The van der Waals surface area contributed by atoms with Gasteiger partial charge in [0.1, 0.15) is 5.82 Å². The topological polar surface area (TPSA) is 49.6 Å². The Labute approximate surface area is 184 Å². The molecule has 0 bridgehead atoms. The number of nitrogens with two attached hydrogens (primary N) is 1. The molecule has 0 radical (unpaired) electrons. The van der Waals surface area contributed by atoms with E-state index in [1.807, 2.05) is 17.5 Å². The molecule has 1 aliphatic rings. The molecule has 1 aliphatic heterocycles. The standard InChI is InChI=1S/C23H23ClFN3OS/c1-15-2-7-19(12-20(15)25)28-10-8-27(9-11-28)13-17-14-30-23(26)21(17)22(29)16-3-5-18(24)6-4-16/h2-7,12,14H,8-11,13,26H2,1H3. The summed E-state index contributed by atoms with van der Waals surface area (Å²) >= 11 is 7.34. The van der Waals surface area contributed by atoms with E-state index >= 15 is 0 Å². The molecule has 0 atom stereocenters. The summed E-state index contributed by atoms with van der Waals surface area (Å²) in [5.74, 6) is -0.247. The van der Waals surface area contributed by atoms with Gasteiger partial charge in [-0.1, -0.05) is 17.7 Å². The van der Waals surface area contributed by atoms with Crippen molar-refractivity contribution in [1.29, 1.82) is 0 Å². The van der Waals surface area contributed by atoms with Gasteiger partial charge >= 0.3 is 0 Å². The maximum atomic E-state index is 13.9. The summed E-state index contributed by atoms with van der Waals surface area (Å²) in [5, 5.41) is 3.11. The first-order valence-electron chi connectivity index (χ1n) is 9.82. The molecule has 2 N–H and O–H groups in total. The van der Waals surface area contributed by atoms with Gasteiger partial charge in [-0.15, -0.1) is 11.3 Å². The zero-order valence-corrected chi connectivity index (χ0v) is 18.3. The predicted octanol–water partition coefficient (Wildman–Crippen LogP) is 4.98. The minimum absolute atomic E-state index is 0.0748. The maximum Gasteiger partial charge on any atom is 0.196 e. The molecule has 0 unspecified atom stereocenters. The molecule has 1 fully saturated rings. The first kappa shape index (κ1) is 20.8. The first-order chi connectivity index (χ1) is 14.4. The molecular formula is C23H23ClFN3OS. The van der Waals surface area contributed by atoms with Crippen LogP contribution in [0.1, 0.15) is 27.0 Å². The SMILES string of the molecule is Cc1ccc(N2CCN(Cc3csc(N)c3C(=O)c3ccc(Cl)cc3)CC2)cc1F. The van der Waals surface area contributed by atoms with Gasteiger partial charge in [0.05, 0.1) is 10.6 Å². The van der Waals surface area contributed by atoms with Gasteiger partial charge in [-0.3, -0.25) is 9.69 Å². The van der Waals surface area contributed by atoms with Crippen LogP contribution in [0.2, 0.25) is 5.02 Å². The van der Waals surface area contributed by atoms with Crippen molar-refractivity contribution in [3.63, 3.8) is 0 Å². The van der Waals surface area contributed by atoms with Gasteiger partial charge in [-0.2, -0.15) is 0 Å². The van der Waals surface area contributed by atoms with Crippen LogP contribution in [-0.2, 0) is 6.54 Å². The van der Waals surface area contributed by atoms with Crippen molar-refractivity contribution in [1.82, 2.24) is 4.90 Å². The molecule has 1 aromatic heterocycles. The summed E-state index contributed by atoms with van der Waals surface area (Å²) in [7, 11) is 0. The van der Waals surface area contributed by atoms with E-state index < -0.39 is 0 Å². The summed E-state index contributed by atoms with van der Waals surface area (Å²) in [6.45, 7) is 5.72. The predicted molar refractivity (Wildman–Crippen MR) is 122 cm³/mol. The summed E-state index contributed by atoms with van der Waals surface area (Å²) < 4.78 is 13.9. The van der Waals surface area contributed by atoms with Crippen molar-refractivity contribution in [2.75, 3.05) is 36.8 Å². The minimum Gasteiger partial charge on any atom is -0.390 e. The lowest BCUT2D eigenvalue weighted by atomic mass is 10.0. The molecule has 0 aliphatic carbocycles. The zero-order valence-electron chi connectivity index (χ0n) is 16.7. The lowest BCUT2D eigenvalue weighted by molar-refractivity contribution is 0.103. The van der Waals surface area contributed by atoms with Crippen LogP contribution in [0.4, 0.5) is 15.1 Å². The van der Waals surface area contributed by atoms with Crippen LogP contribution in [0.25, 0.3) is 0 Å². The molecule has 7 heteroatoms. The summed E-state index contributed by atoms with van der Waals surface area (Å²) in [6, 6.07) is 12.3. The summed E-state index contributed by atoms with van der Waals surface area (Å²) in [4.78, 5) is 17.5. The van der Waals surface area contributed by atoms with Gasteiger partial charge in [-0.05, 0) is 59.8 Å². The number of benzene rings is 2.